The van der Waals surface area contributed by atoms with Gasteiger partial charge in [-0.25, -0.2) is 9.98 Å². The number of hydrogen-bond acceptors (Lipinski definition) is 6. The normalized spacial score (nSPS) is 10.8. The zero-order valence-electron chi connectivity index (χ0n) is 16.3. The Labute approximate surface area is 181 Å². The second-order valence-corrected chi connectivity index (χ2v) is 6.77. The first-order chi connectivity index (χ1) is 12.6. The Hall–Kier alpha value is -1.75. The summed E-state index contributed by atoms with van der Waals surface area (Å²) in [6.45, 7) is 5.97. The van der Waals surface area contributed by atoms with E-state index in [0.717, 1.165) is 23.1 Å². The molecular formula is C18H27IN4O3S. The van der Waals surface area contributed by atoms with Gasteiger partial charge < -0.3 is 24.8 Å². The molecule has 1 aromatic carbocycles. The number of nitrogens with zero attached hydrogens (tertiary/aromatic N) is 2. The van der Waals surface area contributed by atoms with Gasteiger partial charge in [-0.15, -0.1) is 35.3 Å². The van der Waals surface area contributed by atoms with Crippen molar-refractivity contribution in [1.82, 2.24) is 15.6 Å². The Bertz CT molecular complexity index is 727. The molecule has 0 aliphatic carbocycles. The van der Waals surface area contributed by atoms with Crippen molar-refractivity contribution in [2.75, 3.05) is 27.9 Å². The van der Waals surface area contributed by atoms with Crippen LogP contribution in [0.2, 0.25) is 0 Å². The molecule has 2 rings (SSSR count). The first kappa shape index (κ1) is 23.3. The smallest absolute Gasteiger partial charge is 0.203 e. The Balaban J connectivity index is 0.00000364. The van der Waals surface area contributed by atoms with E-state index >= 15 is 0 Å². The van der Waals surface area contributed by atoms with Crippen molar-refractivity contribution in [3.8, 4) is 17.2 Å². The number of ether oxygens (including phenoxy) is 3. The highest BCUT2D eigenvalue weighted by molar-refractivity contribution is 14.0. The number of guanidine groups is 1. The molecule has 7 nitrogen and oxygen atoms in total. The van der Waals surface area contributed by atoms with Gasteiger partial charge in [0.1, 0.15) is 5.01 Å². The van der Waals surface area contributed by atoms with E-state index in [1.807, 2.05) is 32.2 Å². The van der Waals surface area contributed by atoms with Crippen molar-refractivity contribution < 1.29 is 14.2 Å². The topological polar surface area (TPSA) is 77.0 Å². The van der Waals surface area contributed by atoms with E-state index in [2.05, 4.69) is 20.6 Å². The van der Waals surface area contributed by atoms with Gasteiger partial charge in [0.15, 0.2) is 17.5 Å². The first-order valence-corrected chi connectivity index (χ1v) is 9.15. The van der Waals surface area contributed by atoms with Gasteiger partial charge in [0.05, 0.1) is 34.4 Å². The minimum absolute atomic E-state index is 0. The zero-order chi connectivity index (χ0) is 18.9. The fourth-order valence-corrected chi connectivity index (χ4v) is 3.11. The number of halogens is 1. The van der Waals surface area contributed by atoms with Gasteiger partial charge in [-0.2, -0.15) is 0 Å². The average molecular weight is 506 g/mol. The molecule has 0 unspecified atom stereocenters. The van der Waals surface area contributed by atoms with Crippen molar-refractivity contribution in [2.24, 2.45) is 4.99 Å². The van der Waals surface area contributed by atoms with E-state index < -0.39 is 0 Å². The van der Waals surface area contributed by atoms with E-state index in [1.165, 1.54) is 4.88 Å². The number of methoxy groups -OCH3 is 3. The third-order valence-corrected chi connectivity index (χ3v) is 4.48. The van der Waals surface area contributed by atoms with Gasteiger partial charge in [0, 0.05) is 17.6 Å². The second kappa shape index (κ2) is 11.9. The summed E-state index contributed by atoms with van der Waals surface area (Å²) in [5.41, 5.74) is 0.960. The minimum Gasteiger partial charge on any atom is -0.493 e. The molecule has 0 saturated carbocycles. The van der Waals surface area contributed by atoms with Gasteiger partial charge in [-0.3, -0.25) is 0 Å². The Morgan fingerprint density at radius 1 is 1.11 bits per heavy atom. The van der Waals surface area contributed by atoms with E-state index in [0.29, 0.717) is 30.3 Å². The van der Waals surface area contributed by atoms with Gasteiger partial charge >= 0.3 is 0 Å². The van der Waals surface area contributed by atoms with Crippen LogP contribution in [0.3, 0.4) is 0 Å². The van der Waals surface area contributed by atoms with E-state index in [-0.39, 0.29) is 24.0 Å². The Kier molecular flexibility index (Phi) is 10.2. The molecular weight excluding hydrogens is 479 g/mol. The monoisotopic (exact) mass is 506 g/mol. The lowest BCUT2D eigenvalue weighted by Gasteiger charge is -2.14. The molecule has 0 radical (unpaired) electrons. The van der Waals surface area contributed by atoms with Crippen molar-refractivity contribution >= 4 is 41.3 Å². The number of aromatic nitrogens is 1. The molecule has 0 amide bonds. The molecule has 1 aromatic heterocycles. The standard InChI is InChI=1S/C18H26N4O3S.HI/c1-6-19-18(22-11-16-20-9-12(2)26-16)21-10-13-7-14(23-3)17(25-5)15(8-13)24-4;/h7-9H,6,10-11H2,1-5H3,(H2,19,21,22);1H. The van der Waals surface area contributed by atoms with Crippen LogP contribution in [0.4, 0.5) is 0 Å². The first-order valence-electron chi connectivity index (χ1n) is 8.33. The molecule has 150 valence electrons. The maximum absolute atomic E-state index is 5.39. The van der Waals surface area contributed by atoms with Crippen LogP contribution in [0.25, 0.3) is 0 Å². The lowest BCUT2D eigenvalue weighted by atomic mass is 10.2. The molecule has 9 heteroatoms. The molecule has 0 spiro atoms. The molecule has 0 fully saturated rings. The van der Waals surface area contributed by atoms with Crippen molar-refractivity contribution in [3.63, 3.8) is 0 Å². The lowest BCUT2D eigenvalue weighted by Crippen LogP contribution is -2.36. The second-order valence-electron chi connectivity index (χ2n) is 5.45. The van der Waals surface area contributed by atoms with E-state index in [4.69, 9.17) is 14.2 Å². The predicted molar refractivity (Wildman–Crippen MR) is 120 cm³/mol. The van der Waals surface area contributed by atoms with Crippen LogP contribution in [0.5, 0.6) is 17.2 Å². The lowest BCUT2D eigenvalue weighted by molar-refractivity contribution is 0.324. The summed E-state index contributed by atoms with van der Waals surface area (Å²) in [6.07, 6.45) is 1.88. The van der Waals surface area contributed by atoms with Crippen LogP contribution in [0.15, 0.2) is 23.3 Å². The third-order valence-electron chi connectivity index (χ3n) is 3.56. The van der Waals surface area contributed by atoms with Crippen LogP contribution < -0.4 is 24.8 Å². The highest BCUT2D eigenvalue weighted by atomic mass is 127. The van der Waals surface area contributed by atoms with Crippen LogP contribution in [-0.2, 0) is 13.1 Å². The molecule has 2 aromatic rings. The minimum atomic E-state index is 0. The Morgan fingerprint density at radius 2 is 1.78 bits per heavy atom. The van der Waals surface area contributed by atoms with Crippen LogP contribution in [0, 0.1) is 6.92 Å². The highest BCUT2D eigenvalue weighted by Gasteiger charge is 2.13. The summed E-state index contributed by atoms with van der Waals surface area (Å²) in [4.78, 5) is 10.2. The summed E-state index contributed by atoms with van der Waals surface area (Å²) in [5.74, 6) is 2.54. The molecule has 0 aliphatic heterocycles. The zero-order valence-corrected chi connectivity index (χ0v) is 19.4. The summed E-state index contributed by atoms with van der Waals surface area (Å²) in [5, 5.41) is 7.57. The summed E-state index contributed by atoms with van der Waals surface area (Å²) in [7, 11) is 4.80. The maximum Gasteiger partial charge on any atom is 0.203 e. The number of nitrogens with one attached hydrogen (secondary N) is 2. The SMILES string of the molecule is CCNC(=NCc1cc(OC)c(OC)c(OC)c1)NCc1ncc(C)s1.I. The highest BCUT2D eigenvalue weighted by Crippen LogP contribution is 2.38. The van der Waals surface area contributed by atoms with Gasteiger partial charge in [-0.1, -0.05) is 0 Å². The van der Waals surface area contributed by atoms with Crippen LogP contribution in [0.1, 0.15) is 22.4 Å². The molecule has 0 bridgehead atoms. The fraction of sp³-hybridized carbons (Fsp3) is 0.444. The van der Waals surface area contributed by atoms with Crippen molar-refractivity contribution in [1.29, 1.82) is 0 Å². The number of thiazole rings is 1. The molecule has 27 heavy (non-hydrogen) atoms. The average Bonchev–Trinajstić information content (AvgIpc) is 3.08. The van der Waals surface area contributed by atoms with E-state index in [1.54, 1.807) is 32.7 Å². The molecule has 2 N–H and O–H groups in total. The van der Waals surface area contributed by atoms with Crippen molar-refractivity contribution in [2.45, 2.75) is 26.9 Å². The third kappa shape index (κ3) is 6.73. The number of benzene rings is 1. The Morgan fingerprint density at radius 3 is 2.26 bits per heavy atom. The molecule has 0 aliphatic rings. The maximum atomic E-state index is 5.39. The van der Waals surface area contributed by atoms with Crippen LogP contribution in [-0.4, -0.2) is 38.8 Å². The summed E-state index contributed by atoms with van der Waals surface area (Å²) < 4.78 is 16.1. The van der Waals surface area contributed by atoms with Gasteiger partial charge in [0.25, 0.3) is 0 Å². The summed E-state index contributed by atoms with van der Waals surface area (Å²) >= 11 is 1.67. The fourth-order valence-electron chi connectivity index (χ4n) is 2.38. The quantitative estimate of drug-likeness (QED) is 0.325. The number of hydrogen-bond donors (Lipinski definition) is 2. The van der Waals surface area contributed by atoms with Crippen LogP contribution >= 0.6 is 35.3 Å². The van der Waals surface area contributed by atoms with Gasteiger partial charge in [0.2, 0.25) is 5.75 Å². The van der Waals surface area contributed by atoms with Gasteiger partial charge in [-0.05, 0) is 31.5 Å². The summed E-state index contributed by atoms with van der Waals surface area (Å²) in [6, 6.07) is 3.80. The predicted octanol–water partition coefficient (Wildman–Crippen LogP) is 3.35. The van der Waals surface area contributed by atoms with E-state index in [9.17, 15) is 0 Å². The molecule has 0 saturated heterocycles. The molecule has 0 atom stereocenters. The van der Waals surface area contributed by atoms with Crippen molar-refractivity contribution in [3.05, 3.63) is 33.8 Å². The number of rotatable bonds is 8. The number of aliphatic imine (C=N–C) groups is 1. The molecule has 1 heterocycles. The largest absolute Gasteiger partial charge is 0.493 e. The number of aryl methyl sites for hydroxylation is 1.